The van der Waals surface area contributed by atoms with Crippen molar-refractivity contribution in [3.05, 3.63) is 0 Å². The van der Waals surface area contributed by atoms with Crippen molar-refractivity contribution in [3.63, 3.8) is 0 Å². The molecule has 6 nitrogen and oxygen atoms in total. The van der Waals surface area contributed by atoms with Gasteiger partial charge in [-0.05, 0) is 12.8 Å². The summed E-state index contributed by atoms with van der Waals surface area (Å²) in [5.74, 6) is -2.69. The average Bonchev–Trinajstić information content (AvgIpc) is 2.48. The molecule has 22 heavy (non-hydrogen) atoms. The fourth-order valence-corrected chi connectivity index (χ4v) is 2.12. The van der Waals surface area contributed by atoms with E-state index in [4.69, 9.17) is 5.11 Å². The molecule has 128 valence electrons. The van der Waals surface area contributed by atoms with Crippen molar-refractivity contribution in [3.8, 4) is 0 Å². The summed E-state index contributed by atoms with van der Waals surface area (Å²) in [5, 5.41) is 21.1. The molecule has 0 aliphatic carbocycles. The van der Waals surface area contributed by atoms with Crippen LogP contribution in [0, 0.1) is 0 Å². The van der Waals surface area contributed by atoms with Gasteiger partial charge in [0.15, 0.2) is 0 Å². The van der Waals surface area contributed by atoms with Crippen molar-refractivity contribution in [1.82, 2.24) is 5.32 Å². The zero-order valence-corrected chi connectivity index (χ0v) is 13.6. The second-order valence-corrected chi connectivity index (χ2v) is 5.63. The number of unbranched alkanes of at least 4 members (excludes halogenated alkanes) is 4. The van der Waals surface area contributed by atoms with Crippen LogP contribution in [0.3, 0.4) is 0 Å². The molecule has 0 aromatic rings. The Labute approximate surface area is 132 Å². The second kappa shape index (κ2) is 12.1. The van der Waals surface area contributed by atoms with Crippen LogP contribution in [0.25, 0.3) is 0 Å². The lowest BCUT2D eigenvalue weighted by molar-refractivity contribution is -0.145. The minimum Gasteiger partial charge on any atom is -0.480 e. The highest BCUT2D eigenvalue weighted by Crippen LogP contribution is 2.08. The van der Waals surface area contributed by atoms with E-state index in [1.807, 2.05) is 6.92 Å². The zero-order chi connectivity index (χ0) is 17.0. The number of aliphatic hydroxyl groups excluding tert-OH is 1. The van der Waals surface area contributed by atoms with Crippen LogP contribution in [-0.4, -0.2) is 40.0 Å². The molecule has 0 aliphatic rings. The highest BCUT2D eigenvalue weighted by molar-refractivity contribution is 6.36. The largest absolute Gasteiger partial charge is 0.480 e. The molecular weight excluding hydrogens is 286 g/mol. The number of carbonyl (C=O) groups excluding carboxylic acids is 2. The zero-order valence-electron chi connectivity index (χ0n) is 13.6. The first-order chi connectivity index (χ1) is 10.4. The van der Waals surface area contributed by atoms with Crippen molar-refractivity contribution >= 4 is 17.7 Å². The first kappa shape index (κ1) is 20.6. The van der Waals surface area contributed by atoms with Crippen LogP contribution in [-0.2, 0) is 14.4 Å². The summed E-state index contributed by atoms with van der Waals surface area (Å²) < 4.78 is 0. The number of ketones is 1. The fraction of sp³-hybridized carbons (Fsp3) is 0.812. The van der Waals surface area contributed by atoms with Gasteiger partial charge in [-0.15, -0.1) is 0 Å². The lowest BCUT2D eigenvalue weighted by Gasteiger charge is -2.17. The highest BCUT2D eigenvalue weighted by atomic mass is 16.4. The molecule has 0 saturated carbocycles. The SMILES string of the molecule is CCCCCCC(=O)C(=O)N[C@H](C[C@H](O)CCCC)C(=O)O. The van der Waals surface area contributed by atoms with Crippen LogP contribution in [0.2, 0.25) is 0 Å². The maximum atomic E-state index is 11.7. The van der Waals surface area contributed by atoms with E-state index in [1.54, 1.807) is 0 Å². The fourth-order valence-electron chi connectivity index (χ4n) is 2.12. The predicted octanol–water partition coefficient (Wildman–Crippen LogP) is 2.04. The molecule has 2 atom stereocenters. The third kappa shape index (κ3) is 9.50. The van der Waals surface area contributed by atoms with E-state index < -0.39 is 29.8 Å². The molecule has 0 aromatic carbocycles. The van der Waals surface area contributed by atoms with Gasteiger partial charge in [-0.2, -0.15) is 0 Å². The predicted molar refractivity (Wildman–Crippen MR) is 83.5 cm³/mol. The van der Waals surface area contributed by atoms with Crippen molar-refractivity contribution in [2.24, 2.45) is 0 Å². The van der Waals surface area contributed by atoms with Gasteiger partial charge in [0.1, 0.15) is 6.04 Å². The number of amides is 1. The van der Waals surface area contributed by atoms with E-state index in [0.29, 0.717) is 12.8 Å². The Balaban J connectivity index is 4.28. The van der Waals surface area contributed by atoms with E-state index in [1.165, 1.54) is 0 Å². The number of Topliss-reactive ketones (excluding diaryl/α,β-unsaturated/α-hetero) is 1. The number of hydrogen-bond donors (Lipinski definition) is 3. The first-order valence-corrected chi connectivity index (χ1v) is 8.16. The molecule has 0 spiro atoms. The Bertz CT molecular complexity index is 356. The summed E-state index contributed by atoms with van der Waals surface area (Å²) in [6.45, 7) is 4.02. The van der Waals surface area contributed by atoms with Gasteiger partial charge in [-0.1, -0.05) is 46.0 Å². The van der Waals surface area contributed by atoms with Crippen LogP contribution in [0.4, 0.5) is 0 Å². The quantitative estimate of drug-likeness (QED) is 0.356. The van der Waals surface area contributed by atoms with Gasteiger partial charge in [-0.25, -0.2) is 4.79 Å². The molecule has 0 heterocycles. The molecule has 0 saturated heterocycles. The molecule has 0 rings (SSSR count). The molecule has 0 radical (unpaired) electrons. The smallest absolute Gasteiger partial charge is 0.326 e. The molecular formula is C16H29NO5. The molecule has 0 bridgehead atoms. The van der Waals surface area contributed by atoms with Crippen LogP contribution in [0.5, 0.6) is 0 Å². The topological polar surface area (TPSA) is 104 Å². The highest BCUT2D eigenvalue weighted by Gasteiger charge is 2.25. The van der Waals surface area contributed by atoms with Crippen LogP contribution >= 0.6 is 0 Å². The van der Waals surface area contributed by atoms with Crippen LogP contribution in [0.1, 0.15) is 71.6 Å². The Morgan fingerprint density at radius 2 is 1.64 bits per heavy atom. The summed E-state index contributed by atoms with van der Waals surface area (Å²) in [6, 6.07) is -1.22. The number of carboxylic acids is 1. The molecule has 0 aromatic heterocycles. The third-order valence-corrected chi connectivity index (χ3v) is 3.51. The van der Waals surface area contributed by atoms with E-state index in [-0.39, 0.29) is 12.8 Å². The summed E-state index contributed by atoms with van der Waals surface area (Å²) in [4.78, 5) is 34.5. The Morgan fingerprint density at radius 1 is 1.00 bits per heavy atom. The molecule has 6 heteroatoms. The Hall–Kier alpha value is -1.43. The van der Waals surface area contributed by atoms with E-state index in [2.05, 4.69) is 12.2 Å². The summed E-state index contributed by atoms with van der Waals surface area (Å²) in [6.07, 6.45) is 5.01. The lowest BCUT2D eigenvalue weighted by Crippen LogP contribution is -2.45. The van der Waals surface area contributed by atoms with Crippen LogP contribution < -0.4 is 5.32 Å². The Kier molecular flexibility index (Phi) is 11.4. The standard InChI is InChI=1S/C16H29NO5/c1-3-5-7-8-10-14(19)15(20)17-13(16(21)22)11-12(18)9-6-4-2/h12-13,18H,3-11H2,1-2H3,(H,17,20)(H,21,22)/t12-,13-/m1/s1. The van der Waals surface area contributed by atoms with E-state index in [0.717, 1.165) is 32.1 Å². The van der Waals surface area contributed by atoms with Gasteiger partial charge in [0.2, 0.25) is 5.78 Å². The van der Waals surface area contributed by atoms with Crippen molar-refractivity contribution in [2.45, 2.75) is 83.8 Å². The molecule has 3 N–H and O–H groups in total. The van der Waals surface area contributed by atoms with Crippen LogP contribution in [0.15, 0.2) is 0 Å². The number of hydrogen-bond acceptors (Lipinski definition) is 4. The van der Waals surface area contributed by atoms with Crippen molar-refractivity contribution in [1.29, 1.82) is 0 Å². The van der Waals surface area contributed by atoms with Gasteiger partial charge < -0.3 is 15.5 Å². The van der Waals surface area contributed by atoms with Gasteiger partial charge in [0, 0.05) is 12.8 Å². The van der Waals surface area contributed by atoms with Gasteiger partial charge >= 0.3 is 5.97 Å². The molecule has 0 aliphatic heterocycles. The maximum Gasteiger partial charge on any atom is 0.326 e. The normalized spacial score (nSPS) is 13.4. The molecule has 0 unspecified atom stereocenters. The molecule has 1 amide bonds. The Morgan fingerprint density at radius 3 is 2.18 bits per heavy atom. The minimum absolute atomic E-state index is 0.0792. The van der Waals surface area contributed by atoms with Crippen molar-refractivity contribution < 1.29 is 24.6 Å². The summed E-state index contributed by atoms with van der Waals surface area (Å²) in [5.41, 5.74) is 0. The summed E-state index contributed by atoms with van der Waals surface area (Å²) >= 11 is 0. The number of carboxylic acid groups (broad SMARTS) is 1. The molecule has 0 fully saturated rings. The van der Waals surface area contributed by atoms with Crippen molar-refractivity contribution in [2.75, 3.05) is 0 Å². The number of aliphatic carboxylic acids is 1. The third-order valence-electron chi connectivity index (χ3n) is 3.51. The number of aliphatic hydroxyl groups is 1. The minimum atomic E-state index is -1.23. The van der Waals surface area contributed by atoms with Gasteiger partial charge in [0.25, 0.3) is 5.91 Å². The van der Waals surface area contributed by atoms with E-state index >= 15 is 0 Å². The van der Waals surface area contributed by atoms with Gasteiger partial charge in [-0.3, -0.25) is 9.59 Å². The number of rotatable bonds is 13. The second-order valence-electron chi connectivity index (χ2n) is 5.63. The number of carbonyl (C=O) groups is 3. The monoisotopic (exact) mass is 315 g/mol. The first-order valence-electron chi connectivity index (χ1n) is 8.16. The van der Waals surface area contributed by atoms with E-state index in [9.17, 15) is 19.5 Å². The van der Waals surface area contributed by atoms with Gasteiger partial charge in [0.05, 0.1) is 6.10 Å². The maximum absolute atomic E-state index is 11.7. The summed E-state index contributed by atoms with van der Waals surface area (Å²) in [7, 11) is 0. The lowest BCUT2D eigenvalue weighted by atomic mass is 10.0. The average molecular weight is 315 g/mol. The number of nitrogens with one attached hydrogen (secondary N) is 1.